The molecular formula is C12H10ClFN2O4S2. The number of hydrogen-bond donors (Lipinski definition) is 2. The van der Waals surface area contributed by atoms with Crippen LogP contribution in [-0.4, -0.2) is 16.8 Å². The first-order valence-electron chi connectivity index (χ1n) is 5.70. The summed E-state index contributed by atoms with van der Waals surface area (Å²) >= 11 is 5.58. The van der Waals surface area contributed by atoms with Gasteiger partial charge in [0.1, 0.15) is 5.82 Å². The maximum atomic E-state index is 13.6. The Kier molecular flexibility index (Phi) is 4.43. The second kappa shape index (κ2) is 5.84. The zero-order valence-corrected chi connectivity index (χ0v) is 13.2. The zero-order valence-electron chi connectivity index (χ0n) is 10.8. The highest BCUT2D eigenvalue weighted by Gasteiger charge is 2.19. The lowest BCUT2D eigenvalue weighted by Gasteiger charge is -2.10. The first-order chi connectivity index (χ1) is 10.1. The van der Waals surface area contributed by atoms with Gasteiger partial charge in [-0.1, -0.05) is 17.7 Å². The predicted octanol–water partition coefficient (Wildman–Crippen LogP) is 1.93. The molecule has 2 aromatic carbocycles. The quantitative estimate of drug-likeness (QED) is 0.864. The molecular weight excluding hydrogens is 355 g/mol. The Labute approximate surface area is 131 Å². The van der Waals surface area contributed by atoms with E-state index in [1.54, 1.807) is 0 Å². The molecule has 0 bridgehead atoms. The van der Waals surface area contributed by atoms with Gasteiger partial charge in [0.05, 0.1) is 15.5 Å². The van der Waals surface area contributed by atoms with Crippen molar-refractivity contribution < 1.29 is 21.2 Å². The standard InChI is InChI=1S/C12H10ClFN2O4S2/c13-8-4-5-12(11(14)6-8)16-22(19,20)10-3-1-2-9(7-10)21(15,17)18/h1-7,16H,(H2,15,17,18). The zero-order chi connectivity index (χ0) is 16.5. The fourth-order valence-corrected chi connectivity index (χ4v) is 3.50. The first kappa shape index (κ1) is 16.7. The molecule has 0 atom stereocenters. The van der Waals surface area contributed by atoms with Crippen LogP contribution < -0.4 is 9.86 Å². The summed E-state index contributed by atoms with van der Waals surface area (Å²) in [5.41, 5.74) is -0.314. The van der Waals surface area contributed by atoms with Crippen LogP contribution in [0.2, 0.25) is 5.02 Å². The number of hydrogen-bond acceptors (Lipinski definition) is 4. The fourth-order valence-electron chi connectivity index (χ4n) is 1.59. The van der Waals surface area contributed by atoms with Gasteiger partial charge in [-0.2, -0.15) is 0 Å². The summed E-state index contributed by atoms with van der Waals surface area (Å²) in [4.78, 5) is -0.736. The van der Waals surface area contributed by atoms with Crippen molar-refractivity contribution in [1.82, 2.24) is 0 Å². The van der Waals surface area contributed by atoms with Crippen molar-refractivity contribution in [2.75, 3.05) is 4.72 Å². The molecule has 0 aliphatic carbocycles. The molecule has 3 N–H and O–H groups in total. The van der Waals surface area contributed by atoms with Crippen LogP contribution in [0.3, 0.4) is 0 Å². The second-order valence-corrected chi connectivity index (χ2v) is 7.93. The Bertz CT molecular complexity index is 930. The summed E-state index contributed by atoms with van der Waals surface area (Å²) in [6.45, 7) is 0. The van der Waals surface area contributed by atoms with E-state index in [0.717, 1.165) is 30.3 Å². The van der Waals surface area contributed by atoms with Crippen LogP contribution in [0.15, 0.2) is 52.3 Å². The van der Waals surface area contributed by atoms with Crippen molar-refractivity contribution in [3.05, 3.63) is 53.3 Å². The highest BCUT2D eigenvalue weighted by molar-refractivity contribution is 7.93. The summed E-state index contributed by atoms with van der Waals surface area (Å²) in [6.07, 6.45) is 0. The van der Waals surface area contributed by atoms with Gasteiger partial charge in [-0.05, 0) is 36.4 Å². The SMILES string of the molecule is NS(=O)(=O)c1cccc(S(=O)(=O)Nc2ccc(Cl)cc2F)c1. The third kappa shape index (κ3) is 3.74. The number of primary sulfonamides is 1. The van der Waals surface area contributed by atoms with E-state index < -0.39 is 25.9 Å². The number of benzene rings is 2. The smallest absolute Gasteiger partial charge is 0.262 e. The van der Waals surface area contributed by atoms with Crippen LogP contribution >= 0.6 is 11.6 Å². The molecule has 0 saturated heterocycles. The van der Waals surface area contributed by atoms with Crippen molar-refractivity contribution in [1.29, 1.82) is 0 Å². The molecule has 0 fully saturated rings. The van der Waals surface area contributed by atoms with Crippen LogP contribution in [0.5, 0.6) is 0 Å². The lowest BCUT2D eigenvalue weighted by Crippen LogP contribution is -2.16. The molecule has 0 amide bonds. The largest absolute Gasteiger partial charge is 0.277 e. The van der Waals surface area contributed by atoms with Gasteiger partial charge in [0.15, 0.2) is 0 Å². The molecule has 10 heteroatoms. The number of anilines is 1. The van der Waals surface area contributed by atoms with Crippen LogP contribution in [0, 0.1) is 5.82 Å². The lowest BCUT2D eigenvalue weighted by molar-refractivity contribution is 0.596. The van der Waals surface area contributed by atoms with E-state index in [4.69, 9.17) is 16.7 Å². The minimum atomic E-state index is -4.18. The lowest BCUT2D eigenvalue weighted by atomic mass is 10.3. The van der Waals surface area contributed by atoms with Crippen molar-refractivity contribution in [2.24, 2.45) is 5.14 Å². The summed E-state index contributed by atoms with van der Waals surface area (Å²) in [5, 5.41) is 5.05. The minimum absolute atomic E-state index is 0.108. The van der Waals surface area contributed by atoms with Gasteiger partial charge in [0, 0.05) is 5.02 Å². The van der Waals surface area contributed by atoms with E-state index in [-0.39, 0.29) is 20.5 Å². The maximum absolute atomic E-state index is 13.6. The van der Waals surface area contributed by atoms with Crippen LogP contribution in [0.4, 0.5) is 10.1 Å². The molecule has 0 heterocycles. The Morgan fingerprint density at radius 3 is 2.23 bits per heavy atom. The van der Waals surface area contributed by atoms with Crippen LogP contribution in [-0.2, 0) is 20.0 Å². The number of nitrogens with two attached hydrogens (primary N) is 1. The number of sulfonamides is 2. The van der Waals surface area contributed by atoms with Crippen molar-refractivity contribution >= 4 is 37.3 Å². The Morgan fingerprint density at radius 1 is 1.00 bits per heavy atom. The van der Waals surface area contributed by atoms with Gasteiger partial charge < -0.3 is 0 Å². The average Bonchev–Trinajstić information content (AvgIpc) is 2.41. The highest BCUT2D eigenvalue weighted by atomic mass is 35.5. The van der Waals surface area contributed by atoms with Crippen LogP contribution in [0.25, 0.3) is 0 Å². The molecule has 0 aromatic heterocycles. The van der Waals surface area contributed by atoms with Crippen molar-refractivity contribution in [2.45, 2.75) is 9.79 Å². The molecule has 0 spiro atoms. The molecule has 118 valence electrons. The number of halogens is 2. The summed E-state index contributed by atoms with van der Waals surface area (Å²) in [5.74, 6) is -0.862. The van der Waals surface area contributed by atoms with E-state index in [0.29, 0.717) is 0 Å². The van der Waals surface area contributed by atoms with Crippen molar-refractivity contribution in [3.8, 4) is 0 Å². The van der Waals surface area contributed by atoms with E-state index in [9.17, 15) is 21.2 Å². The molecule has 0 aliphatic rings. The van der Waals surface area contributed by atoms with Gasteiger partial charge in [0.2, 0.25) is 10.0 Å². The van der Waals surface area contributed by atoms with Gasteiger partial charge in [-0.3, -0.25) is 4.72 Å². The Morgan fingerprint density at radius 2 is 1.64 bits per heavy atom. The molecule has 22 heavy (non-hydrogen) atoms. The van der Waals surface area contributed by atoms with E-state index in [1.165, 1.54) is 12.1 Å². The summed E-state index contributed by atoms with van der Waals surface area (Å²) in [7, 11) is -8.24. The normalized spacial score (nSPS) is 12.1. The molecule has 2 aromatic rings. The second-order valence-electron chi connectivity index (χ2n) is 4.25. The van der Waals surface area contributed by atoms with Gasteiger partial charge in [-0.15, -0.1) is 0 Å². The van der Waals surface area contributed by atoms with Gasteiger partial charge in [0.25, 0.3) is 10.0 Å². The molecule has 6 nitrogen and oxygen atoms in total. The minimum Gasteiger partial charge on any atom is -0.277 e. The maximum Gasteiger partial charge on any atom is 0.262 e. The van der Waals surface area contributed by atoms with E-state index in [1.807, 2.05) is 4.72 Å². The third-order valence-electron chi connectivity index (χ3n) is 2.62. The monoisotopic (exact) mass is 364 g/mol. The Hall–Kier alpha value is -1.68. The van der Waals surface area contributed by atoms with Crippen molar-refractivity contribution in [3.63, 3.8) is 0 Å². The number of nitrogens with one attached hydrogen (secondary N) is 1. The van der Waals surface area contributed by atoms with E-state index >= 15 is 0 Å². The third-order valence-corrected chi connectivity index (χ3v) is 5.13. The fraction of sp³-hybridized carbons (Fsp3) is 0. The molecule has 0 saturated carbocycles. The first-order valence-corrected chi connectivity index (χ1v) is 9.11. The summed E-state index contributed by atoms with van der Waals surface area (Å²) < 4.78 is 62.5. The average molecular weight is 365 g/mol. The Balaban J connectivity index is 2.43. The predicted molar refractivity (Wildman–Crippen MR) is 80.0 cm³/mol. The highest BCUT2D eigenvalue weighted by Crippen LogP contribution is 2.23. The van der Waals surface area contributed by atoms with Gasteiger partial charge in [-0.25, -0.2) is 26.4 Å². The van der Waals surface area contributed by atoms with E-state index in [2.05, 4.69) is 0 Å². The van der Waals surface area contributed by atoms with Gasteiger partial charge >= 0.3 is 0 Å². The van der Waals surface area contributed by atoms with Crippen LogP contribution in [0.1, 0.15) is 0 Å². The molecule has 0 aliphatic heterocycles. The molecule has 0 radical (unpaired) electrons. The topological polar surface area (TPSA) is 106 Å². The number of rotatable bonds is 4. The molecule has 2 rings (SSSR count). The summed E-state index contributed by atoms with van der Waals surface area (Å²) in [6, 6.07) is 7.81. The molecule has 0 unspecified atom stereocenters.